The lowest BCUT2D eigenvalue weighted by Gasteiger charge is -2.14. The first-order chi connectivity index (χ1) is 9.58. The van der Waals surface area contributed by atoms with E-state index >= 15 is 0 Å². The van der Waals surface area contributed by atoms with Crippen molar-refractivity contribution in [3.8, 4) is 11.8 Å². The molecule has 1 aromatic rings. The number of nitriles is 1. The minimum Gasteiger partial charge on any atom is -0.482 e. The van der Waals surface area contributed by atoms with Crippen molar-refractivity contribution in [3.63, 3.8) is 0 Å². The van der Waals surface area contributed by atoms with Gasteiger partial charge in [-0.05, 0) is 31.2 Å². The number of nitrogens with one attached hydrogen (secondary N) is 2. The second-order valence-electron chi connectivity index (χ2n) is 4.19. The Morgan fingerprint density at radius 3 is 2.90 bits per heavy atom. The molecule has 6 heteroatoms. The Morgan fingerprint density at radius 2 is 2.30 bits per heavy atom. The molecule has 0 saturated heterocycles. The molecule has 0 aliphatic rings. The third kappa shape index (κ3) is 5.08. The number of benzene rings is 1. The Hall–Kier alpha value is -1.77. The van der Waals surface area contributed by atoms with Crippen LogP contribution in [0.2, 0.25) is 5.02 Å². The van der Waals surface area contributed by atoms with Crippen LogP contribution in [0.5, 0.6) is 5.75 Å². The van der Waals surface area contributed by atoms with Crippen molar-refractivity contribution in [1.82, 2.24) is 10.6 Å². The van der Waals surface area contributed by atoms with Gasteiger partial charge in [0.2, 0.25) is 0 Å². The van der Waals surface area contributed by atoms with Gasteiger partial charge < -0.3 is 15.4 Å². The second-order valence-corrected chi connectivity index (χ2v) is 4.60. The number of halogens is 1. The van der Waals surface area contributed by atoms with Crippen LogP contribution < -0.4 is 15.4 Å². The van der Waals surface area contributed by atoms with Gasteiger partial charge in [0.25, 0.3) is 5.91 Å². The summed E-state index contributed by atoms with van der Waals surface area (Å²) in [5.41, 5.74) is 1.05. The predicted octanol–water partition coefficient (Wildman–Crippen LogP) is 2.03. The molecule has 0 bridgehead atoms. The summed E-state index contributed by atoms with van der Waals surface area (Å²) in [4.78, 5) is 11.3. The summed E-state index contributed by atoms with van der Waals surface area (Å²) in [6.45, 7) is 4.76. The van der Waals surface area contributed by atoms with Crippen LogP contribution in [0, 0.1) is 11.3 Å². The van der Waals surface area contributed by atoms with E-state index in [0.717, 1.165) is 12.1 Å². The van der Waals surface area contributed by atoms with Crippen molar-refractivity contribution in [2.24, 2.45) is 0 Å². The minimum absolute atomic E-state index is 0.0327. The molecule has 108 valence electrons. The van der Waals surface area contributed by atoms with E-state index in [4.69, 9.17) is 21.6 Å². The Kier molecular flexibility index (Phi) is 6.85. The van der Waals surface area contributed by atoms with Gasteiger partial charge in [0.15, 0.2) is 6.61 Å². The molecule has 1 unspecified atom stereocenters. The lowest BCUT2D eigenvalue weighted by molar-refractivity contribution is -0.122. The Morgan fingerprint density at radius 1 is 1.55 bits per heavy atom. The Bertz CT molecular complexity index is 500. The molecular weight excluding hydrogens is 278 g/mol. The first-order valence-electron chi connectivity index (χ1n) is 6.37. The molecule has 2 N–H and O–H groups in total. The van der Waals surface area contributed by atoms with E-state index in [2.05, 4.69) is 10.6 Å². The van der Waals surface area contributed by atoms with E-state index in [1.165, 1.54) is 0 Å². The summed E-state index contributed by atoms with van der Waals surface area (Å²) < 4.78 is 5.32. The van der Waals surface area contributed by atoms with Crippen molar-refractivity contribution < 1.29 is 9.53 Å². The van der Waals surface area contributed by atoms with Crippen LogP contribution in [0.1, 0.15) is 25.5 Å². The zero-order chi connectivity index (χ0) is 15.0. The second kappa shape index (κ2) is 8.41. The van der Waals surface area contributed by atoms with Gasteiger partial charge in [-0.1, -0.05) is 24.6 Å². The van der Waals surface area contributed by atoms with E-state index < -0.39 is 0 Å². The van der Waals surface area contributed by atoms with E-state index in [9.17, 15) is 4.79 Å². The summed E-state index contributed by atoms with van der Waals surface area (Å²) in [7, 11) is 0. The van der Waals surface area contributed by atoms with Crippen LogP contribution in [0.3, 0.4) is 0 Å². The smallest absolute Gasteiger partial charge is 0.258 e. The van der Waals surface area contributed by atoms with E-state index in [1.807, 2.05) is 32.0 Å². The summed E-state index contributed by atoms with van der Waals surface area (Å²) in [5.74, 6) is 0.0962. The highest BCUT2D eigenvalue weighted by molar-refractivity contribution is 6.32. The maximum Gasteiger partial charge on any atom is 0.258 e. The van der Waals surface area contributed by atoms with Crippen molar-refractivity contribution in [1.29, 1.82) is 5.26 Å². The first kappa shape index (κ1) is 16.3. The lowest BCUT2D eigenvalue weighted by Crippen LogP contribution is -2.29. The standard InChI is InChI=1S/C14H18ClN3O2/c1-3-17-10(2)11-4-5-13(12(15)8-11)20-9-14(19)18-7-6-16/h4-5,8,10,17H,3,7,9H2,1-2H3,(H,18,19). The largest absolute Gasteiger partial charge is 0.482 e. The fraction of sp³-hybridized carbons (Fsp3) is 0.429. The van der Waals surface area contributed by atoms with Crippen LogP contribution >= 0.6 is 11.6 Å². The van der Waals surface area contributed by atoms with Gasteiger partial charge >= 0.3 is 0 Å². The summed E-state index contributed by atoms with van der Waals surface area (Å²) in [6.07, 6.45) is 0. The van der Waals surface area contributed by atoms with E-state index in [-0.39, 0.29) is 25.1 Å². The number of hydrogen-bond donors (Lipinski definition) is 2. The molecule has 1 aromatic carbocycles. The van der Waals surface area contributed by atoms with Gasteiger partial charge in [-0.3, -0.25) is 4.79 Å². The first-order valence-corrected chi connectivity index (χ1v) is 6.75. The molecule has 20 heavy (non-hydrogen) atoms. The molecule has 1 amide bonds. The third-order valence-corrected chi connectivity index (χ3v) is 2.98. The molecule has 0 heterocycles. The summed E-state index contributed by atoms with van der Waals surface area (Å²) in [6, 6.07) is 7.48. The number of carbonyl (C=O) groups excluding carboxylic acids is 1. The zero-order valence-electron chi connectivity index (χ0n) is 11.6. The van der Waals surface area contributed by atoms with Gasteiger partial charge in [-0.2, -0.15) is 5.26 Å². The number of amides is 1. The fourth-order valence-electron chi connectivity index (χ4n) is 1.66. The molecule has 0 radical (unpaired) electrons. The van der Waals surface area contributed by atoms with Crippen LogP contribution in [0.4, 0.5) is 0 Å². The Balaban J connectivity index is 2.60. The zero-order valence-corrected chi connectivity index (χ0v) is 12.3. The molecule has 0 saturated carbocycles. The van der Waals surface area contributed by atoms with E-state index in [0.29, 0.717) is 10.8 Å². The molecule has 0 aliphatic heterocycles. The van der Waals surface area contributed by atoms with Crippen LogP contribution in [-0.2, 0) is 4.79 Å². The molecule has 0 spiro atoms. The molecule has 0 fully saturated rings. The van der Waals surface area contributed by atoms with Gasteiger partial charge in [-0.15, -0.1) is 0 Å². The fourth-order valence-corrected chi connectivity index (χ4v) is 1.90. The predicted molar refractivity (Wildman–Crippen MR) is 77.7 cm³/mol. The number of nitrogens with zero attached hydrogens (tertiary/aromatic N) is 1. The van der Waals surface area contributed by atoms with Crippen molar-refractivity contribution >= 4 is 17.5 Å². The SMILES string of the molecule is CCNC(C)c1ccc(OCC(=O)NCC#N)c(Cl)c1. The summed E-state index contributed by atoms with van der Waals surface area (Å²) >= 11 is 6.12. The molecule has 0 aromatic heterocycles. The maximum atomic E-state index is 11.3. The number of carbonyl (C=O) groups is 1. The molecule has 1 rings (SSSR count). The highest BCUT2D eigenvalue weighted by atomic mass is 35.5. The average molecular weight is 296 g/mol. The normalized spacial score (nSPS) is 11.5. The van der Waals surface area contributed by atoms with Crippen LogP contribution in [0.25, 0.3) is 0 Å². The number of hydrogen-bond acceptors (Lipinski definition) is 4. The van der Waals surface area contributed by atoms with Crippen LogP contribution in [0.15, 0.2) is 18.2 Å². The molecular formula is C14H18ClN3O2. The topological polar surface area (TPSA) is 74.2 Å². The lowest BCUT2D eigenvalue weighted by atomic mass is 10.1. The Labute approximate surface area is 123 Å². The van der Waals surface area contributed by atoms with E-state index in [1.54, 1.807) is 6.07 Å². The molecule has 1 atom stereocenters. The maximum absolute atomic E-state index is 11.3. The third-order valence-electron chi connectivity index (χ3n) is 2.69. The van der Waals surface area contributed by atoms with Gasteiger partial charge in [-0.25, -0.2) is 0 Å². The number of rotatable bonds is 7. The van der Waals surface area contributed by atoms with Crippen molar-refractivity contribution in [3.05, 3.63) is 28.8 Å². The summed E-state index contributed by atoms with van der Waals surface area (Å²) in [5, 5.41) is 14.5. The quantitative estimate of drug-likeness (QED) is 0.755. The average Bonchev–Trinajstić information content (AvgIpc) is 2.43. The van der Waals surface area contributed by atoms with Gasteiger partial charge in [0, 0.05) is 6.04 Å². The van der Waals surface area contributed by atoms with Crippen molar-refractivity contribution in [2.45, 2.75) is 19.9 Å². The highest BCUT2D eigenvalue weighted by Gasteiger charge is 2.09. The molecule has 0 aliphatic carbocycles. The number of ether oxygens (including phenoxy) is 1. The van der Waals surface area contributed by atoms with Crippen LogP contribution in [-0.4, -0.2) is 25.6 Å². The van der Waals surface area contributed by atoms with Gasteiger partial charge in [0.1, 0.15) is 12.3 Å². The molecule has 5 nitrogen and oxygen atoms in total. The highest BCUT2D eigenvalue weighted by Crippen LogP contribution is 2.27. The monoisotopic (exact) mass is 295 g/mol. The van der Waals surface area contributed by atoms with Crippen molar-refractivity contribution in [2.75, 3.05) is 19.7 Å². The minimum atomic E-state index is -0.354. The van der Waals surface area contributed by atoms with Gasteiger partial charge in [0.05, 0.1) is 11.1 Å².